The van der Waals surface area contributed by atoms with E-state index in [2.05, 4.69) is 17.0 Å². The molecule has 1 aliphatic rings. The molecule has 0 radical (unpaired) electrons. The van der Waals surface area contributed by atoms with Crippen LogP contribution in [0.1, 0.15) is 34.0 Å². The predicted octanol–water partition coefficient (Wildman–Crippen LogP) is 6.47. The molecular weight excluding hydrogens is 483 g/mol. The standard InChI is InChI=1S/C31H27FN2O2S/c1-22-11-17-26(18-12-22)37(35,36)34-29-10-6-5-9-27(29)28-19-20-33(21-23-7-3-2-4-8-23)30(31(28)34)24-13-15-25(32)16-14-24/h2-18,30H,19-21H2,1H3/t30-/m1/s1. The monoisotopic (exact) mass is 510 g/mol. The van der Waals surface area contributed by atoms with E-state index in [1.807, 2.05) is 61.5 Å². The van der Waals surface area contributed by atoms with Crippen molar-refractivity contribution < 1.29 is 12.8 Å². The van der Waals surface area contributed by atoms with Crippen LogP contribution in [0.15, 0.2) is 108 Å². The summed E-state index contributed by atoms with van der Waals surface area (Å²) in [4.78, 5) is 2.55. The molecule has 4 aromatic carbocycles. The first-order chi connectivity index (χ1) is 17.9. The van der Waals surface area contributed by atoms with Crippen molar-refractivity contribution in [2.75, 3.05) is 6.54 Å². The van der Waals surface area contributed by atoms with Gasteiger partial charge in [-0.05, 0) is 60.4 Å². The van der Waals surface area contributed by atoms with Crippen molar-refractivity contribution in [2.24, 2.45) is 0 Å². The van der Waals surface area contributed by atoms with Gasteiger partial charge < -0.3 is 0 Å². The number of nitrogens with zero attached hydrogens (tertiary/aromatic N) is 2. The fourth-order valence-corrected chi connectivity index (χ4v) is 7.05. The Morgan fingerprint density at radius 3 is 2.24 bits per heavy atom. The Balaban J connectivity index is 1.62. The van der Waals surface area contributed by atoms with Gasteiger partial charge in [0.2, 0.25) is 0 Å². The second-order valence-electron chi connectivity index (χ2n) is 9.62. The number of hydrogen-bond donors (Lipinski definition) is 0. The van der Waals surface area contributed by atoms with Crippen molar-refractivity contribution >= 4 is 20.9 Å². The molecule has 37 heavy (non-hydrogen) atoms. The highest BCUT2D eigenvalue weighted by molar-refractivity contribution is 7.90. The first-order valence-corrected chi connectivity index (χ1v) is 13.9. The molecule has 6 heteroatoms. The van der Waals surface area contributed by atoms with Crippen molar-refractivity contribution in [3.05, 3.63) is 137 Å². The lowest BCUT2D eigenvalue weighted by atomic mass is 9.92. The van der Waals surface area contributed by atoms with Gasteiger partial charge in [-0.1, -0.05) is 78.4 Å². The van der Waals surface area contributed by atoms with Gasteiger partial charge in [-0.2, -0.15) is 0 Å². The van der Waals surface area contributed by atoms with Gasteiger partial charge in [0.15, 0.2) is 0 Å². The summed E-state index contributed by atoms with van der Waals surface area (Å²) in [6.45, 7) is 3.34. The Labute approximate surface area is 216 Å². The normalized spacial score (nSPS) is 16.1. The third-order valence-electron chi connectivity index (χ3n) is 7.22. The molecule has 186 valence electrons. The summed E-state index contributed by atoms with van der Waals surface area (Å²) >= 11 is 0. The molecule has 2 heterocycles. The molecule has 0 amide bonds. The van der Waals surface area contributed by atoms with Crippen molar-refractivity contribution in [3.63, 3.8) is 0 Å². The molecule has 1 aromatic heterocycles. The van der Waals surface area contributed by atoms with Crippen LogP contribution in [-0.2, 0) is 23.0 Å². The topological polar surface area (TPSA) is 42.3 Å². The third-order valence-corrected chi connectivity index (χ3v) is 8.96. The fourth-order valence-electron chi connectivity index (χ4n) is 5.47. The van der Waals surface area contributed by atoms with Crippen LogP contribution >= 0.6 is 0 Å². The van der Waals surface area contributed by atoms with E-state index < -0.39 is 10.0 Å². The Morgan fingerprint density at radius 2 is 1.51 bits per heavy atom. The summed E-state index contributed by atoms with van der Waals surface area (Å²) in [5.41, 5.74) is 5.43. The van der Waals surface area contributed by atoms with Gasteiger partial charge in [-0.15, -0.1) is 0 Å². The van der Waals surface area contributed by atoms with Gasteiger partial charge in [-0.3, -0.25) is 4.90 Å². The van der Waals surface area contributed by atoms with Crippen molar-refractivity contribution in [1.82, 2.24) is 8.87 Å². The maximum Gasteiger partial charge on any atom is 0.268 e. The maximum atomic E-state index is 14.3. The van der Waals surface area contributed by atoms with Crippen LogP contribution in [0, 0.1) is 12.7 Å². The summed E-state index contributed by atoms with van der Waals surface area (Å²) in [5.74, 6) is -0.317. The molecule has 1 atom stereocenters. The average Bonchev–Trinajstić information content (AvgIpc) is 3.25. The highest BCUT2D eigenvalue weighted by Crippen LogP contribution is 2.43. The molecule has 4 nitrogen and oxygen atoms in total. The van der Waals surface area contributed by atoms with Crippen molar-refractivity contribution in [3.8, 4) is 0 Å². The van der Waals surface area contributed by atoms with Gasteiger partial charge in [0.05, 0.1) is 22.1 Å². The lowest BCUT2D eigenvalue weighted by molar-refractivity contribution is 0.200. The molecule has 0 aliphatic carbocycles. The largest absolute Gasteiger partial charge is 0.286 e. The van der Waals surface area contributed by atoms with Crippen molar-refractivity contribution in [2.45, 2.75) is 30.8 Å². The van der Waals surface area contributed by atoms with E-state index in [1.165, 1.54) is 16.1 Å². The van der Waals surface area contributed by atoms with E-state index in [4.69, 9.17) is 0 Å². The van der Waals surface area contributed by atoms with E-state index >= 15 is 0 Å². The highest BCUT2D eigenvalue weighted by atomic mass is 32.2. The van der Waals surface area contributed by atoms with Crippen LogP contribution in [-0.4, -0.2) is 23.8 Å². The summed E-state index contributed by atoms with van der Waals surface area (Å²) in [6.07, 6.45) is 0.719. The Bertz CT molecular complexity index is 1680. The zero-order chi connectivity index (χ0) is 25.6. The first kappa shape index (κ1) is 23.6. The number of hydrogen-bond acceptors (Lipinski definition) is 3. The van der Waals surface area contributed by atoms with Crippen LogP contribution in [0.25, 0.3) is 10.9 Å². The van der Waals surface area contributed by atoms with Crippen LogP contribution in [0.4, 0.5) is 4.39 Å². The molecule has 0 N–H and O–H groups in total. The molecule has 0 spiro atoms. The minimum atomic E-state index is -3.91. The molecule has 1 aliphatic heterocycles. The van der Waals surface area contributed by atoms with Gasteiger partial charge in [0, 0.05) is 18.5 Å². The summed E-state index contributed by atoms with van der Waals surface area (Å²) in [6, 6.07) is 30.9. The van der Waals surface area contributed by atoms with E-state index in [0.29, 0.717) is 12.1 Å². The van der Waals surface area contributed by atoms with Gasteiger partial charge in [0.25, 0.3) is 10.0 Å². The van der Waals surface area contributed by atoms with Crippen molar-refractivity contribution in [1.29, 1.82) is 0 Å². The lowest BCUT2D eigenvalue weighted by Crippen LogP contribution is -2.37. The third kappa shape index (κ3) is 4.16. The van der Waals surface area contributed by atoms with Crippen LogP contribution in [0.2, 0.25) is 0 Å². The zero-order valence-electron chi connectivity index (χ0n) is 20.5. The Hall–Kier alpha value is -3.74. The molecule has 5 aromatic rings. The lowest BCUT2D eigenvalue weighted by Gasteiger charge is -2.37. The SMILES string of the molecule is Cc1ccc(S(=O)(=O)n2c3c(c4ccccc42)CCN(Cc2ccccc2)[C@@H]3c2ccc(F)cc2)cc1. The molecule has 0 bridgehead atoms. The van der Waals surface area contributed by atoms with E-state index in [-0.39, 0.29) is 16.8 Å². The van der Waals surface area contributed by atoms with E-state index in [9.17, 15) is 12.8 Å². The number of rotatable bonds is 5. The molecule has 0 fully saturated rings. The fraction of sp³-hybridized carbons (Fsp3) is 0.161. The summed E-state index contributed by atoms with van der Waals surface area (Å²) < 4.78 is 44.0. The number of fused-ring (bicyclic) bond motifs is 3. The minimum absolute atomic E-state index is 0.250. The summed E-state index contributed by atoms with van der Waals surface area (Å²) in [5, 5.41) is 0.944. The van der Waals surface area contributed by atoms with Crippen LogP contribution < -0.4 is 0 Å². The second-order valence-corrected chi connectivity index (χ2v) is 11.4. The number of aromatic nitrogens is 1. The summed E-state index contributed by atoms with van der Waals surface area (Å²) in [7, 11) is -3.91. The van der Waals surface area contributed by atoms with Crippen LogP contribution in [0.5, 0.6) is 0 Å². The zero-order valence-corrected chi connectivity index (χ0v) is 21.3. The minimum Gasteiger partial charge on any atom is -0.286 e. The number of aryl methyl sites for hydroxylation is 1. The highest BCUT2D eigenvalue weighted by Gasteiger charge is 2.37. The van der Waals surface area contributed by atoms with Gasteiger partial charge >= 0.3 is 0 Å². The number of halogens is 1. The second kappa shape index (κ2) is 9.29. The predicted molar refractivity (Wildman–Crippen MR) is 144 cm³/mol. The number of para-hydroxylation sites is 1. The van der Waals surface area contributed by atoms with Crippen LogP contribution in [0.3, 0.4) is 0 Å². The van der Waals surface area contributed by atoms with Gasteiger partial charge in [-0.25, -0.2) is 16.8 Å². The quantitative estimate of drug-likeness (QED) is 0.272. The molecule has 0 unspecified atom stereocenters. The molecule has 0 saturated heterocycles. The smallest absolute Gasteiger partial charge is 0.268 e. The van der Waals surface area contributed by atoms with E-state index in [1.54, 1.807) is 24.3 Å². The van der Waals surface area contributed by atoms with E-state index in [0.717, 1.165) is 46.3 Å². The first-order valence-electron chi connectivity index (χ1n) is 12.4. The van der Waals surface area contributed by atoms with Gasteiger partial charge in [0.1, 0.15) is 5.82 Å². The Kier molecular flexibility index (Phi) is 5.94. The molecular formula is C31H27FN2O2S. The molecule has 0 saturated carbocycles. The maximum absolute atomic E-state index is 14.3. The number of benzene rings is 4. The Morgan fingerprint density at radius 1 is 0.838 bits per heavy atom. The molecule has 6 rings (SSSR count). The average molecular weight is 511 g/mol.